The van der Waals surface area contributed by atoms with Gasteiger partial charge in [0.25, 0.3) is 5.91 Å². The number of benzene rings is 2. The first-order valence-electron chi connectivity index (χ1n) is 13.0. The second kappa shape index (κ2) is 12.4. The lowest BCUT2D eigenvalue weighted by atomic mass is 9.82. The Bertz CT molecular complexity index is 1150. The first-order valence-corrected chi connectivity index (χ1v) is 13.0. The van der Waals surface area contributed by atoms with E-state index in [9.17, 15) is 24.3 Å². The van der Waals surface area contributed by atoms with Crippen LogP contribution in [0, 0.1) is 12.8 Å². The van der Waals surface area contributed by atoms with E-state index >= 15 is 0 Å². The third-order valence-electron chi connectivity index (χ3n) is 7.06. The summed E-state index contributed by atoms with van der Waals surface area (Å²) >= 11 is 0. The van der Waals surface area contributed by atoms with Gasteiger partial charge in [0, 0.05) is 24.8 Å². The molecular formula is C28H34N4O6. The molecule has 1 aliphatic heterocycles. The van der Waals surface area contributed by atoms with Gasteiger partial charge in [-0.2, -0.15) is 0 Å². The Labute approximate surface area is 221 Å². The maximum Gasteiger partial charge on any atom is 0.417 e. The Morgan fingerprint density at radius 1 is 0.974 bits per heavy atom. The Hall–Kier alpha value is -4.08. The molecule has 3 N–H and O–H groups in total. The standard InChI is InChI=1S/C28H34N4O6/c1-19-9-8-12-21(17-19)29-27(36)31-15-16-32(28(37)38-22-13-6-3-7-14-22)26(31)25(35)30-23(18-24(33)34)20-10-4-2-5-11-20/h3,6-9,12-14,17,20,23,26H,2,4-5,10-11,15-16,18H2,1H3,(H,29,36)(H,30,35)(H,33,34). The van der Waals surface area contributed by atoms with E-state index < -0.39 is 36.2 Å². The number of nitrogens with zero attached hydrogens (tertiary/aromatic N) is 2. The van der Waals surface area contributed by atoms with Gasteiger partial charge in [-0.1, -0.05) is 49.6 Å². The minimum Gasteiger partial charge on any atom is -0.481 e. The van der Waals surface area contributed by atoms with Crippen LogP contribution in [0.4, 0.5) is 15.3 Å². The molecule has 38 heavy (non-hydrogen) atoms. The number of para-hydroxylation sites is 1. The van der Waals surface area contributed by atoms with Gasteiger partial charge in [-0.25, -0.2) is 9.59 Å². The fourth-order valence-corrected chi connectivity index (χ4v) is 5.20. The summed E-state index contributed by atoms with van der Waals surface area (Å²) in [5.74, 6) is -1.29. The van der Waals surface area contributed by atoms with Crippen molar-refractivity contribution in [2.75, 3.05) is 18.4 Å². The normalized spacial score (nSPS) is 18.5. The van der Waals surface area contributed by atoms with Crippen molar-refractivity contribution in [1.29, 1.82) is 0 Å². The van der Waals surface area contributed by atoms with Crippen LogP contribution < -0.4 is 15.4 Å². The van der Waals surface area contributed by atoms with Gasteiger partial charge in [-0.3, -0.25) is 19.4 Å². The molecule has 10 heteroatoms. The zero-order valence-electron chi connectivity index (χ0n) is 21.5. The second-order valence-corrected chi connectivity index (χ2v) is 9.85. The van der Waals surface area contributed by atoms with Crippen molar-refractivity contribution < 1.29 is 29.0 Å². The average Bonchev–Trinajstić information content (AvgIpc) is 3.35. The molecule has 2 aromatic carbocycles. The van der Waals surface area contributed by atoms with E-state index in [0.717, 1.165) is 37.7 Å². The van der Waals surface area contributed by atoms with Gasteiger partial charge >= 0.3 is 18.1 Å². The predicted molar refractivity (Wildman–Crippen MR) is 141 cm³/mol. The molecule has 1 heterocycles. The summed E-state index contributed by atoms with van der Waals surface area (Å²) < 4.78 is 5.48. The molecule has 1 saturated heterocycles. The van der Waals surface area contributed by atoms with Crippen molar-refractivity contribution in [3.8, 4) is 5.75 Å². The quantitative estimate of drug-likeness (QED) is 0.500. The summed E-state index contributed by atoms with van der Waals surface area (Å²) in [6.07, 6.45) is 2.37. The largest absolute Gasteiger partial charge is 0.481 e. The summed E-state index contributed by atoms with van der Waals surface area (Å²) in [4.78, 5) is 54.2. The zero-order chi connectivity index (χ0) is 27.1. The summed E-state index contributed by atoms with van der Waals surface area (Å²) in [6.45, 7) is 2.08. The van der Waals surface area contributed by atoms with Crippen molar-refractivity contribution >= 4 is 29.7 Å². The lowest BCUT2D eigenvalue weighted by molar-refractivity contribution is -0.138. The molecule has 1 saturated carbocycles. The van der Waals surface area contributed by atoms with Gasteiger partial charge in [0.05, 0.1) is 6.42 Å². The van der Waals surface area contributed by atoms with Crippen LogP contribution in [0.3, 0.4) is 0 Å². The molecule has 1 aliphatic carbocycles. The third-order valence-corrected chi connectivity index (χ3v) is 7.06. The number of aliphatic carboxylic acids is 1. The van der Waals surface area contributed by atoms with Gasteiger partial charge in [-0.05, 0) is 55.5 Å². The number of hydrogen-bond acceptors (Lipinski definition) is 5. The topological polar surface area (TPSA) is 128 Å². The monoisotopic (exact) mass is 522 g/mol. The fourth-order valence-electron chi connectivity index (χ4n) is 5.20. The minimum absolute atomic E-state index is 0.0180. The number of carbonyl (C=O) groups excluding carboxylic acids is 3. The highest BCUT2D eigenvalue weighted by Crippen LogP contribution is 2.29. The van der Waals surface area contributed by atoms with Gasteiger partial charge < -0.3 is 20.5 Å². The number of nitrogens with one attached hydrogen (secondary N) is 2. The molecule has 10 nitrogen and oxygen atoms in total. The molecule has 0 spiro atoms. The number of rotatable bonds is 7. The molecule has 2 aromatic rings. The predicted octanol–water partition coefficient (Wildman–Crippen LogP) is 4.21. The van der Waals surface area contributed by atoms with E-state index in [-0.39, 0.29) is 25.4 Å². The van der Waals surface area contributed by atoms with Crippen LogP contribution in [0.25, 0.3) is 0 Å². The zero-order valence-corrected chi connectivity index (χ0v) is 21.5. The molecule has 0 aromatic heterocycles. The molecule has 2 aliphatic rings. The summed E-state index contributed by atoms with van der Waals surface area (Å²) in [5, 5.41) is 15.2. The van der Waals surface area contributed by atoms with Gasteiger partial charge in [-0.15, -0.1) is 0 Å². The van der Waals surface area contributed by atoms with Gasteiger partial charge in [0.2, 0.25) is 0 Å². The van der Waals surface area contributed by atoms with E-state index in [0.29, 0.717) is 11.4 Å². The van der Waals surface area contributed by atoms with Gasteiger partial charge in [0.15, 0.2) is 6.17 Å². The van der Waals surface area contributed by atoms with E-state index in [4.69, 9.17) is 4.74 Å². The molecule has 4 amide bonds. The molecule has 2 fully saturated rings. The van der Waals surface area contributed by atoms with Crippen molar-refractivity contribution in [2.24, 2.45) is 5.92 Å². The van der Waals surface area contributed by atoms with Crippen molar-refractivity contribution in [1.82, 2.24) is 15.1 Å². The van der Waals surface area contributed by atoms with Crippen LogP contribution >= 0.6 is 0 Å². The first-order chi connectivity index (χ1) is 18.3. The Kier molecular flexibility index (Phi) is 8.83. The second-order valence-electron chi connectivity index (χ2n) is 9.85. The number of anilines is 1. The Balaban J connectivity index is 1.56. The van der Waals surface area contributed by atoms with E-state index in [1.807, 2.05) is 19.1 Å². The lowest BCUT2D eigenvalue weighted by Gasteiger charge is -2.33. The van der Waals surface area contributed by atoms with E-state index in [1.165, 1.54) is 9.80 Å². The molecule has 0 bridgehead atoms. The van der Waals surface area contributed by atoms with Crippen LogP contribution in [0.15, 0.2) is 54.6 Å². The maximum atomic E-state index is 13.7. The van der Waals surface area contributed by atoms with E-state index in [2.05, 4.69) is 10.6 Å². The highest BCUT2D eigenvalue weighted by molar-refractivity contribution is 5.96. The van der Waals surface area contributed by atoms with Crippen LogP contribution in [0.5, 0.6) is 5.75 Å². The molecule has 202 valence electrons. The summed E-state index contributed by atoms with van der Waals surface area (Å²) in [6, 6.07) is 14.6. The number of hydrogen-bond donors (Lipinski definition) is 3. The smallest absolute Gasteiger partial charge is 0.417 e. The number of carboxylic acid groups (broad SMARTS) is 1. The Morgan fingerprint density at radius 3 is 2.37 bits per heavy atom. The van der Waals surface area contributed by atoms with Crippen LogP contribution in [0.2, 0.25) is 0 Å². The van der Waals surface area contributed by atoms with Crippen LogP contribution in [-0.2, 0) is 9.59 Å². The van der Waals surface area contributed by atoms with E-state index in [1.54, 1.807) is 42.5 Å². The highest BCUT2D eigenvalue weighted by atomic mass is 16.6. The summed E-state index contributed by atoms with van der Waals surface area (Å²) in [5.41, 5.74) is 1.51. The Morgan fingerprint density at radius 2 is 1.68 bits per heavy atom. The van der Waals surface area contributed by atoms with Crippen molar-refractivity contribution in [3.05, 3.63) is 60.2 Å². The first kappa shape index (κ1) is 27.0. The number of ether oxygens (including phenoxy) is 1. The third kappa shape index (κ3) is 6.81. The maximum absolute atomic E-state index is 13.7. The number of urea groups is 1. The fraction of sp³-hybridized carbons (Fsp3) is 0.429. The molecule has 4 rings (SSSR count). The van der Waals surface area contributed by atoms with Crippen molar-refractivity contribution in [2.45, 2.75) is 57.7 Å². The van der Waals surface area contributed by atoms with Gasteiger partial charge in [0.1, 0.15) is 5.75 Å². The number of carboxylic acids is 1. The lowest BCUT2D eigenvalue weighted by Crippen LogP contribution is -2.57. The van der Waals surface area contributed by atoms with Crippen LogP contribution in [0.1, 0.15) is 44.1 Å². The highest BCUT2D eigenvalue weighted by Gasteiger charge is 2.45. The number of aryl methyl sites for hydroxylation is 1. The molecule has 2 unspecified atom stereocenters. The molecule has 0 radical (unpaired) electrons. The number of amides is 4. The minimum atomic E-state index is -1.30. The summed E-state index contributed by atoms with van der Waals surface area (Å²) in [7, 11) is 0. The average molecular weight is 523 g/mol. The SMILES string of the molecule is Cc1cccc(NC(=O)N2CCN(C(=O)Oc3ccccc3)C2C(=O)NC(CC(=O)O)C2CCCCC2)c1. The molecule has 2 atom stereocenters. The van der Waals surface area contributed by atoms with Crippen LogP contribution in [-0.4, -0.2) is 64.2 Å². The molecular weight excluding hydrogens is 488 g/mol. The number of carbonyl (C=O) groups is 4. The van der Waals surface area contributed by atoms with Crippen molar-refractivity contribution in [3.63, 3.8) is 0 Å².